The van der Waals surface area contributed by atoms with Gasteiger partial charge in [0.2, 0.25) is 0 Å². The van der Waals surface area contributed by atoms with Crippen molar-refractivity contribution in [3.05, 3.63) is 52.0 Å². The van der Waals surface area contributed by atoms with Crippen molar-refractivity contribution < 1.29 is 14.7 Å². The van der Waals surface area contributed by atoms with Crippen LogP contribution in [0.25, 0.3) is 0 Å². The highest BCUT2D eigenvalue weighted by atomic mass is 32.1. The number of carbonyl (C=O) groups excluding carboxylic acids is 1. The van der Waals surface area contributed by atoms with Gasteiger partial charge in [0.25, 0.3) is 5.91 Å². The molecule has 0 radical (unpaired) electrons. The number of aromatic nitrogens is 1. The third-order valence-corrected chi connectivity index (χ3v) is 3.10. The molecule has 0 spiro atoms. The molecule has 96 valence electrons. The monoisotopic (exact) mass is 275 g/mol. The van der Waals surface area contributed by atoms with E-state index in [1.165, 1.54) is 18.5 Å². The van der Waals surface area contributed by atoms with Crippen molar-refractivity contribution >= 4 is 29.4 Å². The number of rotatable bonds is 4. The highest BCUT2D eigenvalue weighted by Gasteiger charge is 2.06. The molecule has 19 heavy (non-hydrogen) atoms. The molecule has 0 fully saturated rings. The Morgan fingerprint density at radius 3 is 2.79 bits per heavy atom. The Morgan fingerprint density at radius 1 is 1.32 bits per heavy atom. The minimum absolute atomic E-state index is 0.220. The fraction of sp³-hybridized carbons (Fsp3) is 0. The standard InChI is InChI=1S/C12H9N3O3S/c16-11(9-3-1-2-6-13-9)15-14-7-8-4-5-10(19-8)12(17)18/h1-7H,(H,15,16)(H,17,18)/b14-7+. The number of hydrogen-bond acceptors (Lipinski definition) is 5. The van der Waals surface area contributed by atoms with Crippen LogP contribution in [0.1, 0.15) is 25.0 Å². The van der Waals surface area contributed by atoms with Gasteiger partial charge in [-0.25, -0.2) is 10.2 Å². The summed E-state index contributed by atoms with van der Waals surface area (Å²) in [4.78, 5) is 27.0. The number of carbonyl (C=O) groups is 2. The largest absolute Gasteiger partial charge is 0.477 e. The van der Waals surface area contributed by atoms with Crippen LogP contribution in [0, 0.1) is 0 Å². The molecule has 0 bridgehead atoms. The average Bonchev–Trinajstić information content (AvgIpc) is 2.89. The molecular formula is C12H9N3O3S. The first kappa shape index (κ1) is 12.9. The van der Waals surface area contributed by atoms with Crippen molar-refractivity contribution in [2.75, 3.05) is 0 Å². The number of amides is 1. The van der Waals surface area contributed by atoms with Crippen molar-refractivity contribution in [3.63, 3.8) is 0 Å². The average molecular weight is 275 g/mol. The summed E-state index contributed by atoms with van der Waals surface area (Å²) in [5.41, 5.74) is 2.57. The van der Waals surface area contributed by atoms with E-state index in [1.54, 1.807) is 24.3 Å². The fourth-order valence-electron chi connectivity index (χ4n) is 1.25. The molecule has 0 saturated heterocycles. The molecule has 2 N–H and O–H groups in total. The summed E-state index contributed by atoms with van der Waals surface area (Å²) in [6, 6.07) is 8.07. The quantitative estimate of drug-likeness (QED) is 0.655. The zero-order chi connectivity index (χ0) is 13.7. The fourth-order valence-corrected chi connectivity index (χ4v) is 1.96. The Kier molecular flexibility index (Phi) is 3.99. The number of hydrogen-bond donors (Lipinski definition) is 2. The SMILES string of the molecule is O=C(N/N=C/c1ccc(C(=O)O)s1)c1ccccn1. The highest BCUT2D eigenvalue weighted by Crippen LogP contribution is 2.14. The topological polar surface area (TPSA) is 91.7 Å². The highest BCUT2D eigenvalue weighted by molar-refractivity contribution is 7.15. The molecule has 0 unspecified atom stereocenters. The van der Waals surface area contributed by atoms with Gasteiger partial charge in [0.05, 0.1) is 6.21 Å². The number of carboxylic acids is 1. The van der Waals surface area contributed by atoms with E-state index >= 15 is 0 Å². The molecule has 2 rings (SSSR count). The number of nitrogens with zero attached hydrogens (tertiary/aromatic N) is 2. The maximum absolute atomic E-state index is 11.6. The first-order chi connectivity index (χ1) is 9.16. The summed E-state index contributed by atoms with van der Waals surface area (Å²) < 4.78 is 0. The van der Waals surface area contributed by atoms with Gasteiger partial charge in [-0.15, -0.1) is 11.3 Å². The van der Waals surface area contributed by atoms with Gasteiger partial charge in [-0.1, -0.05) is 6.07 Å². The number of nitrogens with one attached hydrogen (secondary N) is 1. The van der Waals surface area contributed by atoms with E-state index in [-0.39, 0.29) is 10.6 Å². The van der Waals surface area contributed by atoms with Crippen molar-refractivity contribution in [1.82, 2.24) is 10.4 Å². The van der Waals surface area contributed by atoms with Crippen molar-refractivity contribution in [1.29, 1.82) is 0 Å². The molecule has 1 amide bonds. The van der Waals surface area contributed by atoms with E-state index in [0.29, 0.717) is 4.88 Å². The summed E-state index contributed by atoms with van der Waals surface area (Å²) in [6.07, 6.45) is 2.90. The minimum Gasteiger partial charge on any atom is -0.477 e. The maximum Gasteiger partial charge on any atom is 0.345 e. The third-order valence-electron chi connectivity index (χ3n) is 2.09. The normalized spacial score (nSPS) is 10.5. The van der Waals surface area contributed by atoms with Gasteiger partial charge in [0, 0.05) is 11.1 Å². The second-order valence-electron chi connectivity index (χ2n) is 3.42. The first-order valence-corrected chi connectivity index (χ1v) is 6.06. The molecule has 7 heteroatoms. The summed E-state index contributed by atoms with van der Waals surface area (Å²) in [5.74, 6) is -1.41. The molecule has 0 atom stereocenters. The van der Waals surface area contributed by atoms with Crippen molar-refractivity contribution in [2.45, 2.75) is 0 Å². The lowest BCUT2D eigenvalue weighted by Crippen LogP contribution is -2.18. The number of aromatic carboxylic acids is 1. The van der Waals surface area contributed by atoms with Crippen molar-refractivity contribution in [3.8, 4) is 0 Å². The molecule has 0 aliphatic rings. The summed E-state index contributed by atoms with van der Waals surface area (Å²) in [6.45, 7) is 0. The van der Waals surface area contributed by atoms with Crippen LogP contribution in [0.15, 0.2) is 41.6 Å². The molecule has 0 aliphatic carbocycles. The van der Waals surface area contributed by atoms with Crippen LogP contribution < -0.4 is 5.43 Å². The smallest absolute Gasteiger partial charge is 0.345 e. The predicted molar refractivity (Wildman–Crippen MR) is 70.6 cm³/mol. The number of pyridine rings is 1. The Labute approximate surface area is 112 Å². The lowest BCUT2D eigenvalue weighted by Gasteiger charge is -1.96. The van der Waals surface area contributed by atoms with Gasteiger partial charge < -0.3 is 5.11 Å². The number of thiophene rings is 1. The van der Waals surface area contributed by atoms with Crippen LogP contribution in [-0.2, 0) is 0 Å². The van der Waals surface area contributed by atoms with Gasteiger partial charge in [-0.3, -0.25) is 9.78 Å². The lowest BCUT2D eigenvalue weighted by molar-refractivity contribution is 0.0702. The van der Waals surface area contributed by atoms with E-state index in [4.69, 9.17) is 5.11 Å². The summed E-state index contributed by atoms with van der Waals surface area (Å²) in [5, 5.41) is 12.5. The second-order valence-corrected chi connectivity index (χ2v) is 4.54. The second kappa shape index (κ2) is 5.87. The van der Waals surface area contributed by atoms with Crippen LogP contribution >= 0.6 is 11.3 Å². The Hall–Kier alpha value is -2.54. The summed E-state index contributed by atoms with van der Waals surface area (Å²) >= 11 is 1.07. The van der Waals surface area contributed by atoms with Crippen LogP contribution in [-0.4, -0.2) is 28.2 Å². The first-order valence-electron chi connectivity index (χ1n) is 5.24. The minimum atomic E-state index is -0.984. The predicted octanol–water partition coefficient (Wildman–Crippen LogP) is 1.61. The molecule has 0 aliphatic heterocycles. The lowest BCUT2D eigenvalue weighted by atomic mass is 10.3. The van der Waals surface area contributed by atoms with E-state index in [9.17, 15) is 9.59 Å². The van der Waals surface area contributed by atoms with E-state index in [2.05, 4.69) is 15.5 Å². The summed E-state index contributed by atoms with van der Waals surface area (Å²) in [7, 11) is 0. The number of hydrazone groups is 1. The van der Waals surface area contributed by atoms with Gasteiger partial charge in [-0.05, 0) is 24.3 Å². The van der Waals surface area contributed by atoms with Crippen molar-refractivity contribution in [2.24, 2.45) is 5.10 Å². The molecule has 2 aromatic heterocycles. The van der Waals surface area contributed by atoms with Gasteiger partial charge in [0.1, 0.15) is 10.6 Å². The van der Waals surface area contributed by atoms with E-state index in [1.807, 2.05) is 0 Å². The van der Waals surface area contributed by atoms with E-state index < -0.39 is 11.9 Å². The van der Waals surface area contributed by atoms with Crippen LogP contribution in [0.2, 0.25) is 0 Å². The molecule has 2 heterocycles. The molecule has 0 aromatic carbocycles. The zero-order valence-electron chi connectivity index (χ0n) is 9.61. The third kappa shape index (κ3) is 3.46. The Bertz CT molecular complexity index is 622. The maximum atomic E-state index is 11.6. The zero-order valence-corrected chi connectivity index (χ0v) is 10.4. The molecule has 2 aromatic rings. The van der Waals surface area contributed by atoms with Crippen LogP contribution in [0.5, 0.6) is 0 Å². The van der Waals surface area contributed by atoms with Gasteiger partial charge in [0.15, 0.2) is 0 Å². The van der Waals surface area contributed by atoms with Gasteiger partial charge in [-0.2, -0.15) is 5.10 Å². The molecular weight excluding hydrogens is 266 g/mol. The molecule has 0 saturated carbocycles. The van der Waals surface area contributed by atoms with E-state index in [0.717, 1.165) is 11.3 Å². The van der Waals surface area contributed by atoms with Crippen LogP contribution in [0.3, 0.4) is 0 Å². The Balaban J connectivity index is 1.96. The van der Waals surface area contributed by atoms with Gasteiger partial charge >= 0.3 is 5.97 Å². The van der Waals surface area contributed by atoms with Crippen LogP contribution in [0.4, 0.5) is 0 Å². The Morgan fingerprint density at radius 2 is 2.16 bits per heavy atom. The number of carboxylic acid groups (broad SMARTS) is 1. The molecule has 6 nitrogen and oxygen atoms in total.